The lowest BCUT2D eigenvalue weighted by Gasteiger charge is -2.44. The number of benzene rings is 4. The summed E-state index contributed by atoms with van der Waals surface area (Å²) in [6.45, 7) is 9.26. The first-order chi connectivity index (χ1) is 23.2. The molecule has 49 heavy (non-hydrogen) atoms. The smallest absolute Gasteiger partial charge is 0.235 e. The number of carbonyl (C=O) groups excluding carboxylic acids is 3. The van der Waals surface area contributed by atoms with Gasteiger partial charge in [-0.3, -0.25) is 14.4 Å². The van der Waals surface area contributed by atoms with Crippen molar-refractivity contribution in [3.63, 3.8) is 0 Å². The van der Waals surface area contributed by atoms with Crippen molar-refractivity contribution in [2.75, 3.05) is 17.7 Å². The molecule has 4 unspecified atom stereocenters. The maximum Gasteiger partial charge on any atom is 0.235 e. The van der Waals surface area contributed by atoms with Crippen LogP contribution < -0.4 is 20.1 Å². The number of anilines is 2. The fraction of sp³-hybridized carbons (Fsp3) is 0.308. The summed E-state index contributed by atoms with van der Waals surface area (Å²) in [5, 5.41) is 18.4. The minimum absolute atomic E-state index is 0.212. The number of aryl methyl sites for hydroxylation is 4. The Morgan fingerprint density at radius 2 is 1.47 bits per heavy atom. The molecule has 0 saturated heterocycles. The van der Waals surface area contributed by atoms with E-state index in [-0.39, 0.29) is 13.0 Å². The number of methoxy groups -OCH3 is 1. The molecule has 10 heteroatoms. The first kappa shape index (κ1) is 36.1. The van der Waals surface area contributed by atoms with Gasteiger partial charge in [-0.1, -0.05) is 48.0 Å². The average Bonchev–Trinajstić information content (AvgIpc) is 3.03. The molecule has 3 N–H and O–H groups in total. The lowest BCUT2D eigenvalue weighted by Crippen LogP contribution is -2.56. The molecule has 0 radical (unpaired) electrons. The summed E-state index contributed by atoms with van der Waals surface area (Å²) < 4.78 is 12.4. The molecule has 4 aromatic carbocycles. The first-order valence-corrected chi connectivity index (χ1v) is 17.1. The maximum atomic E-state index is 14.4. The number of carbonyl (C=O) groups is 3. The predicted molar refractivity (Wildman–Crippen MR) is 196 cm³/mol. The van der Waals surface area contributed by atoms with E-state index in [0.29, 0.717) is 37.9 Å². The van der Waals surface area contributed by atoms with E-state index in [0.717, 1.165) is 27.8 Å². The number of hydrogen-bond donors (Lipinski definition) is 3. The molecule has 5 rings (SSSR count). The molecule has 1 saturated carbocycles. The van der Waals surface area contributed by atoms with Crippen molar-refractivity contribution in [2.24, 2.45) is 11.8 Å². The summed E-state index contributed by atoms with van der Waals surface area (Å²) in [5.41, 5.74) is 4.21. The second kappa shape index (κ2) is 14.7. The Kier molecular flexibility index (Phi) is 10.9. The van der Waals surface area contributed by atoms with Crippen molar-refractivity contribution < 1.29 is 29.0 Å². The van der Waals surface area contributed by atoms with E-state index in [1.165, 1.54) is 14.0 Å². The number of rotatable bonds is 9. The fourth-order valence-corrected chi connectivity index (χ4v) is 7.16. The zero-order chi connectivity index (χ0) is 35.6. The highest BCUT2D eigenvalue weighted by atomic mass is 79.9. The van der Waals surface area contributed by atoms with Gasteiger partial charge >= 0.3 is 0 Å². The molecule has 0 spiro atoms. The molecule has 256 valence electrons. The van der Waals surface area contributed by atoms with Crippen molar-refractivity contribution >= 4 is 56.5 Å². The van der Waals surface area contributed by atoms with Gasteiger partial charge in [-0.2, -0.15) is 0 Å². The van der Waals surface area contributed by atoms with Gasteiger partial charge in [-0.05, 0) is 120 Å². The highest BCUT2D eigenvalue weighted by Crippen LogP contribution is 2.49. The lowest BCUT2D eigenvalue weighted by molar-refractivity contribution is -0.150. The number of nitrogens with one attached hydrogen (secondary N) is 2. The first-order valence-electron chi connectivity index (χ1n) is 15.9. The molecule has 1 aliphatic carbocycles. The quantitative estimate of drug-likeness (QED) is 0.149. The number of hydrogen-bond acceptors (Lipinski definition) is 6. The van der Waals surface area contributed by atoms with Crippen LogP contribution in [0.4, 0.5) is 11.4 Å². The summed E-state index contributed by atoms with van der Waals surface area (Å²) in [5.74, 6) is -4.46. The average molecular weight is 748 g/mol. The number of halogens is 2. The lowest BCUT2D eigenvalue weighted by atomic mass is 9.61. The normalized spacial score (nSPS) is 20.4. The topological polar surface area (TPSA) is 114 Å². The highest BCUT2D eigenvalue weighted by molar-refractivity contribution is 9.10. The van der Waals surface area contributed by atoms with Crippen molar-refractivity contribution in [1.29, 1.82) is 0 Å². The fourth-order valence-electron chi connectivity index (χ4n) is 6.46. The van der Waals surface area contributed by atoms with Gasteiger partial charge < -0.3 is 25.2 Å². The molecule has 0 aliphatic heterocycles. The van der Waals surface area contributed by atoms with Crippen LogP contribution in [-0.2, 0) is 21.0 Å². The van der Waals surface area contributed by atoms with Gasteiger partial charge in [0.15, 0.2) is 11.5 Å². The van der Waals surface area contributed by atoms with E-state index < -0.39 is 41.0 Å². The zero-order valence-electron chi connectivity index (χ0n) is 28.3. The van der Waals surface area contributed by atoms with E-state index in [4.69, 9.17) is 21.1 Å². The number of Topliss-reactive ketones (excluding diaryl/α,β-unsaturated/α-hetero) is 1. The second-order valence-electron chi connectivity index (χ2n) is 13.0. The SMILES string of the molecule is COc1cc(C2C(C(=O)Nc3cc(C)ccc3C)C(=O)CC(C)(O)C2C(=O)Nc2cc(C)ccc2C)cc(Br)c1OCc1ccc(Cl)cc1. The van der Waals surface area contributed by atoms with Crippen LogP contribution in [0.3, 0.4) is 0 Å². The molecule has 4 atom stereocenters. The molecular formula is C39H40BrClN2O6. The van der Waals surface area contributed by atoms with Gasteiger partial charge in [0.1, 0.15) is 18.3 Å². The Balaban J connectivity index is 1.61. The largest absolute Gasteiger partial charge is 0.493 e. The van der Waals surface area contributed by atoms with Crippen LogP contribution in [0.25, 0.3) is 0 Å². The van der Waals surface area contributed by atoms with Crippen molar-refractivity contribution in [1.82, 2.24) is 0 Å². The van der Waals surface area contributed by atoms with Crippen molar-refractivity contribution in [2.45, 2.75) is 59.2 Å². The third-order valence-corrected chi connectivity index (χ3v) is 9.91. The Bertz CT molecular complexity index is 1910. The van der Waals surface area contributed by atoms with Crippen LogP contribution in [0.1, 0.15) is 52.6 Å². The van der Waals surface area contributed by atoms with Crippen LogP contribution in [0.15, 0.2) is 77.3 Å². The van der Waals surface area contributed by atoms with Gasteiger partial charge in [0.05, 0.1) is 23.1 Å². The van der Waals surface area contributed by atoms with Gasteiger partial charge in [-0.25, -0.2) is 0 Å². The number of amides is 2. The van der Waals surface area contributed by atoms with Crippen LogP contribution in [-0.4, -0.2) is 35.4 Å². The van der Waals surface area contributed by atoms with E-state index >= 15 is 0 Å². The van der Waals surface area contributed by atoms with E-state index in [9.17, 15) is 19.5 Å². The van der Waals surface area contributed by atoms with Gasteiger partial charge in [0.2, 0.25) is 11.8 Å². The molecule has 0 heterocycles. The van der Waals surface area contributed by atoms with Crippen LogP contribution in [0.2, 0.25) is 5.02 Å². The summed E-state index contributed by atoms with van der Waals surface area (Å²) in [7, 11) is 1.48. The Hall–Kier alpha value is -4.18. The standard InChI is InChI=1S/C39H40BrClN2O6/c1-21-7-9-23(3)29(15-21)42-37(45)34-31(44)19-39(5,47)35(38(46)43-30-16-22(2)8-10-24(30)4)33(34)26-17-28(40)36(32(18-26)48-6)49-20-25-11-13-27(41)14-12-25/h7-18,33-35,47H,19-20H2,1-6H3,(H,42,45)(H,43,46). The minimum atomic E-state index is -1.79. The molecular weight excluding hydrogens is 708 g/mol. The number of ketones is 1. The molecule has 0 aromatic heterocycles. The molecule has 2 amide bonds. The second-order valence-corrected chi connectivity index (χ2v) is 14.3. The summed E-state index contributed by atoms with van der Waals surface area (Å²) in [4.78, 5) is 42.6. The third kappa shape index (κ3) is 8.01. The summed E-state index contributed by atoms with van der Waals surface area (Å²) in [6, 6.07) is 22.0. The van der Waals surface area contributed by atoms with Crippen molar-refractivity contribution in [3.8, 4) is 11.5 Å². The van der Waals surface area contributed by atoms with Crippen LogP contribution in [0.5, 0.6) is 11.5 Å². The zero-order valence-corrected chi connectivity index (χ0v) is 30.7. The molecule has 4 aromatic rings. The monoisotopic (exact) mass is 746 g/mol. The summed E-state index contributed by atoms with van der Waals surface area (Å²) >= 11 is 9.66. The van der Waals surface area contributed by atoms with Crippen molar-refractivity contribution in [3.05, 3.63) is 116 Å². The van der Waals surface area contributed by atoms with E-state index in [1.54, 1.807) is 24.3 Å². The van der Waals surface area contributed by atoms with Crippen LogP contribution in [0, 0.1) is 39.5 Å². The van der Waals surface area contributed by atoms with Gasteiger partial charge in [0.25, 0.3) is 0 Å². The van der Waals surface area contributed by atoms with E-state index in [2.05, 4.69) is 26.6 Å². The Morgan fingerprint density at radius 3 is 2.04 bits per heavy atom. The Labute approximate surface area is 300 Å². The molecule has 0 bridgehead atoms. The minimum Gasteiger partial charge on any atom is -0.493 e. The summed E-state index contributed by atoms with van der Waals surface area (Å²) in [6.07, 6.45) is -0.389. The maximum absolute atomic E-state index is 14.4. The highest BCUT2D eigenvalue weighted by Gasteiger charge is 2.56. The molecule has 8 nitrogen and oxygen atoms in total. The third-order valence-electron chi connectivity index (χ3n) is 9.07. The number of aliphatic hydroxyl groups is 1. The molecule has 1 aliphatic rings. The van der Waals surface area contributed by atoms with E-state index in [1.807, 2.05) is 76.2 Å². The predicted octanol–water partition coefficient (Wildman–Crippen LogP) is 8.24. The van der Waals surface area contributed by atoms with Crippen LogP contribution >= 0.6 is 27.5 Å². The number of ether oxygens (including phenoxy) is 2. The molecule has 1 fully saturated rings. The van der Waals surface area contributed by atoms with Gasteiger partial charge in [0, 0.05) is 28.7 Å². The Morgan fingerprint density at radius 1 is 0.898 bits per heavy atom. The van der Waals surface area contributed by atoms with Gasteiger partial charge in [-0.15, -0.1) is 0 Å².